The summed E-state index contributed by atoms with van der Waals surface area (Å²) in [4.78, 5) is 42.4. The van der Waals surface area contributed by atoms with Crippen LogP contribution in [0, 0.1) is 5.92 Å². The summed E-state index contributed by atoms with van der Waals surface area (Å²) in [5, 5.41) is 0. The van der Waals surface area contributed by atoms with Gasteiger partial charge < -0.3 is 19.4 Å². The van der Waals surface area contributed by atoms with Crippen molar-refractivity contribution in [3.05, 3.63) is 29.8 Å². The van der Waals surface area contributed by atoms with Gasteiger partial charge in [0.15, 0.2) is 0 Å². The van der Waals surface area contributed by atoms with Gasteiger partial charge >= 0.3 is 5.97 Å². The van der Waals surface area contributed by atoms with Crippen LogP contribution in [0.25, 0.3) is 0 Å². The molecule has 3 rings (SSSR count). The average Bonchev–Trinajstić information content (AvgIpc) is 3.03. The maximum absolute atomic E-state index is 12.7. The topological polar surface area (TPSA) is 70.2 Å². The summed E-state index contributed by atoms with van der Waals surface area (Å²) >= 11 is 0. The highest BCUT2D eigenvalue weighted by molar-refractivity contribution is 6.01. The molecule has 0 radical (unpaired) electrons. The number of hydrogen-bond acceptors (Lipinski definition) is 5. The number of esters is 1. The number of nitrogens with zero attached hydrogens (tertiary/aromatic N) is 3. The summed E-state index contributed by atoms with van der Waals surface area (Å²) in [6, 6.07) is 6.76. The number of methoxy groups -OCH3 is 1. The van der Waals surface area contributed by atoms with Gasteiger partial charge in [-0.3, -0.25) is 9.59 Å². The summed E-state index contributed by atoms with van der Waals surface area (Å²) in [7, 11) is 3.36. The van der Waals surface area contributed by atoms with Gasteiger partial charge in [-0.1, -0.05) is 6.07 Å². The smallest absolute Gasteiger partial charge is 0.337 e. The third-order valence-corrected chi connectivity index (χ3v) is 4.87. The molecule has 0 aliphatic carbocycles. The first-order valence-electron chi connectivity index (χ1n) is 8.45. The minimum absolute atomic E-state index is 0.0491. The number of hydrogen-bond donors (Lipinski definition) is 0. The molecular weight excluding hydrogens is 322 g/mol. The molecule has 7 nitrogen and oxygen atoms in total. The predicted octanol–water partition coefficient (Wildman–Crippen LogP) is 0.600. The monoisotopic (exact) mass is 345 g/mol. The molecule has 134 valence electrons. The molecular formula is C18H23N3O4. The largest absolute Gasteiger partial charge is 0.465 e. The molecule has 0 bridgehead atoms. The Morgan fingerprint density at radius 3 is 2.56 bits per heavy atom. The van der Waals surface area contributed by atoms with Crippen molar-refractivity contribution in [1.82, 2.24) is 9.80 Å². The van der Waals surface area contributed by atoms with Crippen LogP contribution in [0.4, 0.5) is 5.69 Å². The normalized spacial score (nSPS) is 21.5. The highest BCUT2D eigenvalue weighted by Gasteiger charge is 2.37. The Morgan fingerprint density at radius 2 is 1.88 bits per heavy atom. The molecule has 2 saturated heterocycles. The first-order valence-corrected chi connectivity index (χ1v) is 8.45. The lowest BCUT2D eigenvalue weighted by atomic mass is 10.1. The lowest BCUT2D eigenvalue weighted by molar-refractivity contribution is -0.137. The predicted molar refractivity (Wildman–Crippen MR) is 92.3 cm³/mol. The molecule has 2 fully saturated rings. The van der Waals surface area contributed by atoms with Crippen LogP contribution < -0.4 is 4.90 Å². The molecule has 0 aromatic heterocycles. The van der Waals surface area contributed by atoms with Gasteiger partial charge in [0.05, 0.1) is 18.6 Å². The van der Waals surface area contributed by atoms with E-state index in [1.807, 2.05) is 11.9 Å². The fourth-order valence-corrected chi connectivity index (χ4v) is 3.33. The zero-order valence-corrected chi connectivity index (χ0v) is 14.6. The van der Waals surface area contributed by atoms with Crippen LogP contribution in [0.2, 0.25) is 0 Å². The SMILES string of the molecule is COC(=O)c1cccc(N2CC(C(=O)N3CCN(C)CC3)CC2=O)c1. The van der Waals surface area contributed by atoms with Crippen LogP contribution in [-0.2, 0) is 14.3 Å². The number of likely N-dealkylation sites (N-methyl/N-ethyl adjacent to an activating group) is 1. The molecule has 7 heteroatoms. The third kappa shape index (κ3) is 3.66. The van der Waals surface area contributed by atoms with Gasteiger partial charge in [-0.25, -0.2) is 4.79 Å². The standard InChI is InChI=1S/C18H23N3O4/c1-19-6-8-20(9-7-19)17(23)14-11-16(22)21(12-14)15-5-3-4-13(10-15)18(24)25-2/h3-5,10,14H,6-9,11-12H2,1-2H3. The molecule has 2 aliphatic rings. The summed E-state index contributed by atoms with van der Waals surface area (Å²) in [6.45, 7) is 3.49. The second-order valence-electron chi connectivity index (χ2n) is 6.58. The quantitative estimate of drug-likeness (QED) is 0.751. The van der Waals surface area contributed by atoms with E-state index in [4.69, 9.17) is 4.74 Å². The van der Waals surface area contributed by atoms with Crippen molar-refractivity contribution in [1.29, 1.82) is 0 Å². The second-order valence-corrected chi connectivity index (χ2v) is 6.58. The molecule has 0 spiro atoms. The van der Waals surface area contributed by atoms with E-state index in [1.54, 1.807) is 29.2 Å². The van der Waals surface area contributed by atoms with E-state index in [2.05, 4.69) is 4.90 Å². The fourth-order valence-electron chi connectivity index (χ4n) is 3.33. The number of carbonyl (C=O) groups excluding carboxylic acids is 3. The van der Waals surface area contributed by atoms with Crippen LogP contribution in [0.15, 0.2) is 24.3 Å². The number of amides is 2. The number of anilines is 1. The van der Waals surface area contributed by atoms with Crippen LogP contribution >= 0.6 is 0 Å². The van der Waals surface area contributed by atoms with Gasteiger partial charge in [0.25, 0.3) is 0 Å². The molecule has 25 heavy (non-hydrogen) atoms. The molecule has 1 unspecified atom stereocenters. The van der Waals surface area contributed by atoms with E-state index in [-0.39, 0.29) is 24.2 Å². The zero-order chi connectivity index (χ0) is 18.0. The van der Waals surface area contributed by atoms with Gasteiger partial charge in [-0.15, -0.1) is 0 Å². The van der Waals surface area contributed by atoms with Gasteiger partial charge in [0, 0.05) is 44.8 Å². The zero-order valence-electron chi connectivity index (χ0n) is 14.6. The summed E-state index contributed by atoms with van der Waals surface area (Å²) in [5.41, 5.74) is 1.02. The molecule has 2 aliphatic heterocycles. The first kappa shape index (κ1) is 17.4. The Labute approximate surface area is 147 Å². The van der Waals surface area contributed by atoms with Crippen molar-refractivity contribution in [3.8, 4) is 0 Å². The maximum atomic E-state index is 12.7. The highest BCUT2D eigenvalue weighted by atomic mass is 16.5. The molecule has 2 heterocycles. The highest BCUT2D eigenvalue weighted by Crippen LogP contribution is 2.27. The van der Waals surface area contributed by atoms with Crippen LogP contribution in [0.5, 0.6) is 0 Å². The van der Waals surface area contributed by atoms with Gasteiger partial charge in [0.1, 0.15) is 0 Å². The maximum Gasteiger partial charge on any atom is 0.337 e. The minimum atomic E-state index is -0.446. The van der Waals surface area contributed by atoms with E-state index in [1.165, 1.54) is 7.11 Å². The lowest BCUT2D eigenvalue weighted by Gasteiger charge is -2.33. The molecule has 1 aromatic carbocycles. The van der Waals surface area contributed by atoms with Gasteiger partial charge in [0.2, 0.25) is 11.8 Å². The van der Waals surface area contributed by atoms with Crippen molar-refractivity contribution in [2.45, 2.75) is 6.42 Å². The first-order chi connectivity index (χ1) is 12.0. The second kappa shape index (κ2) is 7.23. The molecule has 2 amide bonds. The number of benzene rings is 1. The Hall–Kier alpha value is -2.41. The lowest BCUT2D eigenvalue weighted by Crippen LogP contribution is -2.49. The Kier molecular flexibility index (Phi) is 5.03. The fraction of sp³-hybridized carbons (Fsp3) is 0.500. The van der Waals surface area contributed by atoms with Crippen molar-refractivity contribution in [2.75, 3.05) is 51.8 Å². The van der Waals surface area contributed by atoms with Crippen LogP contribution in [-0.4, -0.2) is 74.5 Å². The van der Waals surface area contributed by atoms with Gasteiger partial charge in [-0.05, 0) is 25.2 Å². The van der Waals surface area contributed by atoms with E-state index in [9.17, 15) is 14.4 Å². The molecule has 0 N–H and O–H groups in total. The Morgan fingerprint density at radius 1 is 1.16 bits per heavy atom. The molecule has 1 aromatic rings. The number of carbonyl (C=O) groups is 3. The average molecular weight is 345 g/mol. The van der Waals surface area contributed by atoms with E-state index in [0.717, 1.165) is 13.1 Å². The minimum Gasteiger partial charge on any atom is -0.465 e. The van der Waals surface area contributed by atoms with E-state index in [0.29, 0.717) is 30.9 Å². The van der Waals surface area contributed by atoms with Crippen molar-refractivity contribution in [3.63, 3.8) is 0 Å². The van der Waals surface area contributed by atoms with E-state index < -0.39 is 5.97 Å². The summed E-state index contributed by atoms with van der Waals surface area (Å²) in [6.07, 6.45) is 0.216. The molecule has 0 saturated carbocycles. The molecule has 1 atom stereocenters. The van der Waals surface area contributed by atoms with Gasteiger partial charge in [-0.2, -0.15) is 0 Å². The number of piperazine rings is 1. The van der Waals surface area contributed by atoms with E-state index >= 15 is 0 Å². The summed E-state index contributed by atoms with van der Waals surface area (Å²) in [5.74, 6) is -0.807. The van der Waals surface area contributed by atoms with Crippen molar-refractivity contribution in [2.24, 2.45) is 5.92 Å². The number of rotatable bonds is 3. The third-order valence-electron chi connectivity index (χ3n) is 4.87. The Balaban J connectivity index is 1.70. The van der Waals surface area contributed by atoms with Crippen molar-refractivity contribution >= 4 is 23.5 Å². The summed E-state index contributed by atoms with van der Waals surface area (Å²) < 4.78 is 4.72. The Bertz CT molecular complexity index is 683. The van der Waals surface area contributed by atoms with Crippen LogP contribution in [0.3, 0.4) is 0 Å². The van der Waals surface area contributed by atoms with Crippen molar-refractivity contribution < 1.29 is 19.1 Å². The van der Waals surface area contributed by atoms with Crippen LogP contribution in [0.1, 0.15) is 16.8 Å². The number of ether oxygens (including phenoxy) is 1.